The molecule has 7 nitrogen and oxygen atoms in total. The predicted octanol–water partition coefficient (Wildman–Crippen LogP) is 1.38. The number of amides is 1. The van der Waals surface area contributed by atoms with Crippen molar-refractivity contribution in [2.45, 2.75) is 32.4 Å². The summed E-state index contributed by atoms with van der Waals surface area (Å²) in [5.41, 5.74) is 7.88. The van der Waals surface area contributed by atoms with E-state index in [-0.39, 0.29) is 30.1 Å². The van der Waals surface area contributed by atoms with E-state index in [1.807, 2.05) is 23.2 Å². The molecule has 8 heteroatoms. The molecule has 0 spiro atoms. The highest BCUT2D eigenvalue weighted by molar-refractivity contribution is 5.94. The number of nitrogens with two attached hydrogens (primary N) is 1. The van der Waals surface area contributed by atoms with Crippen LogP contribution in [-0.4, -0.2) is 44.7 Å². The molecule has 2 N–H and O–H groups in total. The molecule has 0 radical (unpaired) electrons. The Balaban J connectivity index is 0.00000225. The second-order valence-corrected chi connectivity index (χ2v) is 6.11. The van der Waals surface area contributed by atoms with Crippen molar-refractivity contribution in [1.29, 1.82) is 0 Å². The largest absolute Gasteiger partial charge is 0.340 e. The number of likely N-dealkylation sites (tertiary alicyclic amines) is 1. The van der Waals surface area contributed by atoms with Crippen molar-refractivity contribution >= 4 is 24.1 Å². The molecule has 0 bridgehead atoms. The molecule has 1 unspecified atom stereocenters. The number of hydrogen-bond acceptors (Lipinski definition) is 5. The lowest BCUT2D eigenvalue weighted by Gasteiger charge is -2.16. The van der Waals surface area contributed by atoms with Crippen LogP contribution < -0.4 is 5.73 Å². The Morgan fingerprint density at radius 3 is 2.60 bits per heavy atom. The summed E-state index contributed by atoms with van der Waals surface area (Å²) < 4.78 is 1.80. The van der Waals surface area contributed by atoms with Crippen molar-refractivity contribution in [1.82, 2.24) is 19.9 Å². The summed E-state index contributed by atoms with van der Waals surface area (Å²) in [5.74, 6) is 0.118. The van der Waals surface area contributed by atoms with Crippen LogP contribution in [0.5, 0.6) is 0 Å². The standard InChI is InChI=1S/C17H21N5O2.ClH/c1-12(23)14-4-2-13(3-5-14)8-17(24)21-7-6-16(11-21)22-10-15(9-18)19-20-22;/h2-5,10,16H,6-9,11,18H2,1H3;1H. The highest BCUT2D eigenvalue weighted by atomic mass is 35.5. The normalized spacial score (nSPS) is 16.6. The highest BCUT2D eigenvalue weighted by Crippen LogP contribution is 2.21. The number of hydrogen-bond donors (Lipinski definition) is 1. The van der Waals surface area contributed by atoms with Crippen LogP contribution in [0.3, 0.4) is 0 Å². The molecule has 1 aliphatic heterocycles. The monoisotopic (exact) mass is 363 g/mol. The number of nitrogens with zero attached hydrogens (tertiary/aromatic N) is 4. The van der Waals surface area contributed by atoms with Gasteiger partial charge in [0.05, 0.1) is 24.4 Å². The van der Waals surface area contributed by atoms with Crippen LogP contribution in [0.25, 0.3) is 0 Å². The summed E-state index contributed by atoms with van der Waals surface area (Å²) in [7, 11) is 0. The Morgan fingerprint density at radius 2 is 2.00 bits per heavy atom. The van der Waals surface area contributed by atoms with Crippen LogP contribution in [0.1, 0.15) is 41.0 Å². The molecule has 2 aromatic rings. The lowest BCUT2D eigenvalue weighted by molar-refractivity contribution is -0.129. The second kappa shape index (κ2) is 8.22. The van der Waals surface area contributed by atoms with Gasteiger partial charge >= 0.3 is 0 Å². The summed E-state index contributed by atoms with van der Waals surface area (Å²) in [6, 6.07) is 7.37. The van der Waals surface area contributed by atoms with Crippen molar-refractivity contribution in [3.63, 3.8) is 0 Å². The quantitative estimate of drug-likeness (QED) is 0.810. The molecule has 1 aliphatic rings. The van der Waals surface area contributed by atoms with Crippen molar-refractivity contribution in [2.24, 2.45) is 5.73 Å². The van der Waals surface area contributed by atoms with Gasteiger partial charge in [0.2, 0.25) is 5.91 Å². The zero-order chi connectivity index (χ0) is 17.1. The van der Waals surface area contributed by atoms with E-state index in [0.29, 0.717) is 31.6 Å². The third-order valence-electron chi connectivity index (χ3n) is 4.37. The van der Waals surface area contributed by atoms with Gasteiger partial charge in [-0.15, -0.1) is 17.5 Å². The lowest BCUT2D eigenvalue weighted by Crippen LogP contribution is -2.30. The SMILES string of the molecule is CC(=O)c1ccc(CC(=O)N2CCC(n3cc(CN)nn3)C2)cc1.Cl. The van der Waals surface area contributed by atoms with Crippen LogP contribution in [0, 0.1) is 0 Å². The minimum atomic E-state index is 0. The third kappa shape index (κ3) is 4.43. The molecule has 25 heavy (non-hydrogen) atoms. The number of aromatic nitrogens is 3. The average Bonchev–Trinajstić information content (AvgIpc) is 3.24. The summed E-state index contributed by atoms with van der Waals surface area (Å²) in [6.45, 7) is 3.25. The zero-order valence-corrected chi connectivity index (χ0v) is 14.9. The number of carbonyl (C=O) groups is 2. The molecule has 1 saturated heterocycles. The lowest BCUT2D eigenvalue weighted by atomic mass is 10.1. The molecule has 134 valence electrons. The molecule has 1 aromatic carbocycles. The Bertz CT molecular complexity index is 744. The molecule has 1 aromatic heterocycles. The topological polar surface area (TPSA) is 94.1 Å². The smallest absolute Gasteiger partial charge is 0.227 e. The van der Waals surface area contributed by atoms with E-state index in [1.165, 1.54) is 6.92 Å². The van der Waals surface area contributed by atoms with Crippen LogP contribution >= 0.6 is 12.4 Å². The Morgan fingerprint density at radius 1 is 1.28 bits per heavy atom. The van der Waals surface area contributed by atoms with Gasteiger partial charge in [-0.3, -0.25) is 9.59 Å². The van der Waals surface area contributed by atoms with Gasteiger partial charge in [-0.2, -0.15) is 0 Å². The van der Waals surface area contributed by atoms with Crippen LogP contribution in [-0.2, 0) is 17.8 Å². The van der Waals surface area contributed by atoms with Gasteiger partial charge in [-0.1, -0.05) is 29.5 Å². The van der Waals surface area contributed by atoms with E-state index in [4.69, 9.17) is 5.73 Å². The Labute approximate surface area is 152 Å². The van der Waals surface area contributed by atoms with E-state index < -0.39 is 0 Å². The van der Waals surface area contributed by atoms with Crippen molar-refractivity contribution in [2.75, 3.05) is 13.1 Å². The first-order valence-corrected chi connectivity index (χ1v) is 8.05. The maximum Gasteiger partial charge on any atom is 0.227 e. The number of benzene rings is 1. The van der Waals surface area contributed by atoms with Crippen molar-refractivity contribution in [3.8, 4) is 0 Å². The fourth-order valence-corrected chi connectivity index (χ4v) is 2.91. The van der Waals surface area contributed by atoms with E-state index in [9.17, 15) is 9.59 Å². The van der Waals surface area contributed by atoms with Crippen LogP contribution in [0.15, 0.2) is 30.5 Å². The molecule has 1 amide bonds. The fourth-order valence-electron chi connectivity index (χ4n) is 2.91. The van der Waals surface area contributed by atoms with E-state index in [2.05, 4.69) is 10.3 Å². The third-order valence-corrected chi connectivity index (χ3v) is 4.37. The summed E-state index contributed by atoms with van der Waals surface area (Å²) in [6.07, 6.45) is 3.05. The predicted molar refractivity (Wildman–Crippen MR) is 95.5 cm³/mol. The molecule has 1 fully saturated rings. The first kappa shape index (κ1) is 19.1. The van der Waals surface area contributed by atoms with Gasteiger partial charge in [0.1, 0.15) is 0 Å². The first-order valence-electron chi connectivity index (χ1n) is 8.05. The minimum absolute atomic E-state index is 0. The van der Waals surface area contributed by atoms with Gasteiger partial charge in [-0.25, -0.2) is 4.68 Å². The van der Waals surface area contributed by atoms with E-state index in [1.54, 1.807) is 16.8 Å². The minimum Gasteiger partial charge on any atom is -0.340 e. The Hall–Kier alpha value is -2.25. The van der Waals surface area contributed by atoms with Crippen LogP contribution in [0.2, 0.25) is 0 Å². The van der Waals surface area contributed by atoms with Crippen molar-refractivity contribution in [3.05, 3.63) is 47.3 Å². The molecule has 0 saturated carbocycles. The van der Waals surface area contributed by atoms with Crippen LogP contribution in [0.4, 0.5) is 0 Å². The van der Waals surface area contributed by atoms with Crippen molar-refractivity contribution < 1.29 is 9.59 Å². The average molecular weight is 364 g/mol. The fraction of sp³-hybridized carbons (Fsp3) is 0.412. The van der Waals surface area contributed by atoms with Gasteiger partial charge in [0.25, 0.3) is 0 Å². The number of ketones is 1. The van der Waals surface area contributed by atoms with E-state index >= 15 is 0 Å². The molecular weight excluding hydrogens is 342 g/mol. The number of rotatable bonds is 5. The molecule has 0 aliphatic carbocycles. The number of carbonyl (C=O) groups excluding carboxylic acids is 2. The van der Waals surface area contributed by atoms with Gasteiger partial charge < -0.3 is 10.6 Å². The number of halogens is 1. The summed E-state index contributed by atoms with van der Waals surface area (Å²) in [5, 5.41) is 8.09. The number of Topliss-reactive ketones (excluding diaryl/α,β-unsaturated/α-hetero) is 1. The van der Waals surface area contributed by atoms with Gasteiger partial charge in [0, 0.05) is 25.2 Å². The molecule has 1 atom stereocenters. The molecule has 3 rings (SSSR count). The maximum atomic E-state index is 12.5. The van der Waals surface area contributed by atoms with E-state index in [0.717, 1.165) is 17.7 Å². The first-order chi connectivity index (χ1) is 11.6. The molecular formula is C17H22ClN5O2. The van der Waals surface area contributed by atoms with Gasteiger partial charge in [0.15, 0.2) is 5.78 Å². The summed E-state index contributed by atoms with van der Waals surface area (Å²) in [4.78, 5) is 25.6. The zero-order valence-electron chi connectivity index (χ0n) is 14.1. The maximum absolute atomic E-state index is 12.5. The Kier molecular flexibility index (Phi) is 6.27. The summed E-state index contributed by atoms with van der Waals surface area (Å²) >= 11 is 0. The highest BCUT2D eigenvalue weighted by Gasteiger charge is 2.28. The molecule has 2 heterocycles. The van der Waals surface area contributed by atoms with Gasteiger partial charge in [-0.05, 0) is 18.9 Å². The second-order valence-electron chi connectivity index (χ2n) is 6.11.